The minimum absolute atomic E-state index is 0.0122. The Morgan fingerprint density at radius 2 is 1.62 bits per heavy atom. The summed E-state index contributed by atoms with van der Waals surface area (Å²) in [7, 11) is 3.07. The number of carbonyl (C=O) groups is 4. The quantitative estimate of drug-likeness (QED) is 0.318. The van der Waals surface area contributed by atoms with Crippen LogP contribution in [0.1, 0.15) is 23.6 Å². The lowest BCUT2D eigenvalue weighted by atomic mass is 10.0. The largest absolute Gasteiger partial charge is 0.497 e. The average Bonchev–Trinajstić information content (AvgIpc) is 2.93. The number of urea groups is 1. The molecule has 0 unspecified atom stereocenters. The third-order valence-electron chi connectivity index (χ3n) is 5.87. The fourth-order valence-corrected chi connectivity index (χ4v) is 3.92. The highest BCUT2D eigenvalue weighted by molar-refractivity contribution is 6.30. The Hall–Kier alpha value is -5.12. The van der Waals surface area contributed by atoms with E-state index in [9.17, 15) is 19.2 Å². The summed E-state index contributed by atoms with van der Waals surface area (Å²) in [5.74, 6) is 0.131. The molecule has 0 bridgehead atoms. The van der Waals surface area contributed by atoms with Crippen LogP contribution in [-0.2, 0) is 27.5 Å². The first kappa shape index (κ1) is 26.9. The molecule has 0 radical (unpaired) electrons. The van der Waals surface area contributed by atoms with Crippen molar-refractivity contribution in [2.24, 2.45) is 0 Å². The summed E-state index contributed by atoms with van der Waals surface area (Å²) in [5, 5.41) is 4.92. The van der Waals surface area contributed by atoms with Crippen molar-refractivity contribution >= 4 is 35.5 Å². The standard InChI is InChI=1S/C29H27N3O7/c1-18(33)30-22-7-11-24(12-8-22)39-17-21-14-20(6-13-26(21)38-3)15-25-27(34)31-29(36)32(28(25)35)16-19-4-9-23(37-2)10-5-19/h4-15H,16-17H2,1-3H3,(H,30,33)(H,31,34,36)/b25-15+. The molecule has 39 heavy (non-hydrogen) atoms. The van der Waals surface area contributed by atoms with Crippen LogP contribution in [-0.4, -0.2) is 42.9 Å². The maximum Gasteiger partial charge on any atom is 0.331 e. The van der Waals surface area contributed by atoms with Gasteiger partial charge in [0, 0.05) is 18.2 Å². The molecule has 200 valence electrons. The monoisotopic (exact) mass is 529 g/mol. The molecule has 3 aromatic rings. The summed E-state index contributed by atoms with van der Waals surface area (Å²) in [5.41, 5.74) is 2.40. The highest BCUT2D eigenvalue weighted by Crippen LogP contribution is 2.25. The first-order valence-corrected chi connectivity index (χ1v) is 12.0. The van der Waals surface area contributed by atoms with Crippen LogP contribution in [0.15, 0.2) is 72.3 Å². The molecule has 10 heteroatoms. The van der Waals surface area contributed by atoms with E-state index in [4.69, 9.17) is 14.2 Å². The number of amides is 5. The lowest BCUT2D eigenvalue weighted by Gasteiger charge is -2.26. The molecule has 1 heterocycles. The van der Waals surface area contributed by atoms with Crippen molar-refractivity contribution in [3.05, 3.63) is 89.0 Å². The van der Waals surface area contributed by atoms with Gasteiger partial charge in [0.1, 0.15) is 29.4 Å². The maximum absolute atomic E-state index is 13.2. The van der Waals surface area contributed by atoms with Crippen molar-refractivity contribution in [1.82, 2.24) is 10.2 Å². The van der Waals surface area contributed by atoms with E-state index in [2.05, 4.69) is 10.6 Å². The van der Waals surface area contributed by atoms with Gasteiger partial charge in [-0.05, 0) is 65.7 Å². The number of imide groups is 2. The Morgan fingerprint density at radius 3 is 2.26 bits per heavy atom. The van der Waals surface area contributed by atoms with Gasteiger partial charge in [0.2, 0.25) is 5.91 Å². The molecule has 1 saturated heterocycles. The van der Waals surface area contributed by atoms with Crippen molar-refractivity contribution in [1.29, 1.82) is 0 Å². The minimum atomic E-state index is -0.786. The fraction of sp³-hybridized carbons (Fsp3) is 0.172. The molecule has 1 fully saturated rings. The predicted octanol–water partition coefficient (Wildman–Crippen LogP) is 3.90. The summed E-state index contributed by atoms with van der Waals surface area (Å²) in [6, 6.07) is 18.2. The number of nitrogens with one attached hydrogen (secondary N) is 2. The van der Waals surface area contributed by atoms with Gasteiger partial charge in [0.15, 0.2) is 0 Å². The maximum atomic E-state index is 13.2. The van der Waals surface area contributed by atoms with Crippen LogP contribution in [0.25, 0.3) is 6.08 Å². The van der Waals surface area contributed by atoms with Gasteiger partial charge in [0.05, 0.1) is 20.8 Å². The number of anilines is 1. The molecule has 4 rings (SSSR count). The van der Waals surface area contributed by atoms with Crippen molar-refractivity contribution < 1.29 is 33.4 Å². The Morgan fingerprint density at radius 1 is 0.923 bits per heavy atom. The third-order valence-corrected chi connectivity index (χ3v) is 5.87. The summed E-state index contributed by atoms with van der Waals surface area (Å²) < 4.78 is 16.5. The van der Waals surface area contributed by atoms with Crippen molar-refractivity contribution in [3.8, 4) is 17.2 Å². The summed E-state index contributed by atoms with van der Waals surface area (Å²) >= 11 is 0. The van der Waals surface area contributed by atoms with E-state index in [1.807, 2.05) is 0 Å². The van der Waals surface area contributed by atoms with E-state index in [0.29, 0.717) is 39.6 Å². The number of carbonyl (C=O) groups excluding carboxylic acids is 4. The number of nitrogens with zero attached hydrogens (tertiary/aromatic N) is 1. The lowest BCUT2D eigenvalue weighted by Crippen LogP contribution is -2.53. The highest BCUT2D eigenvalue weighted by Gasteiger charge is 2.35. The Bertz CT molecular complexity index is 1430. The van der Waals surface area contributed by atoms with Crippen LogP contribution < -0.4 is 24.8 Å². The first-order valence-electron chi connectivity index (χ1n) is 12.0. The van der Waals surface area contributed by atoms with Crippen LogP contribution in [0.3, 0.4) is 0 Å². The molecule has 0 saturated carbocycles. The van der Waals surface area contributed by atoms with Gasteiger partial charge < -0.3 is 19.5 Å². The molecular formula is C29H27N3O7. The number of ether oxygens (including phenoxy) is 3. The second-order valence-electron chi connectivity index (χ2n) is 8.62. The molecule has 1 aliphatic heterocycles. The Labute approximate surface area is 225 Å². The van der Waals surface area contributed by atoms with Gasteiger partial charge in [-0.2, -0.15) is 0 Å². The number of barbiturate groups is 1. The van der Waals surface area contributed by atoms with Crippen LogP contribution in [0, 0.1) is 0 Å². The molecule has 0 atom stereocenters. The zero-order valence-electron chi connectivity index (χ0n) is 21.6. The van der Waals surface area contributed by atoms with E-state index in [-0.39, 0.29) is 24.6 Å². The first-order chi connectivity index (χ1) is 18.8. The molecule has 5 amide bonds. The third kappa shape index (κ3) is 6.61. The van der Waals surface area contributed by atoms with Crippen LogP contribution in [0.4, 0.5) is 10.5 Å². The van der Waals surface area contributed by atoms with Crippen LogP contribution >= 0.6 is 0 Å². The van der Waals surface area contributed by atoms with Gasteiger partial charge in [-0.25, -0.2) is 4.79 Å². The predicted molar refractivity (Wildman–Crippen MR) is 143 cm³/mol. The molecule has 2 N–H and O–H groups in total. The molecule has 0 aromatic heterocycles. The van der Waals surface area contributed by atoms with Gasteiger partial charge in [0.25, 0.3) is 11.8 Å². The second-order valence-corrected chi connectivity index (χ2v) is 8.62. The van der Waals surface area contributed by atoms with E-state index in [1.54, 1.807) is 73.8 Å². The summed E-state index contributed by atoms with van der Waals surface area (Å²) in [4.78, 5) is 50.4. The Balaban J connectivity index is 1.52. The number of hydrogen-bond donors (Lipinski definition) is 2. The highest BCUT2D eigenvalue weighted by atomic mass is 16.5. The molecular weight excluding hydrogens is 502 g/mol. The Kier molecular flexibility index (Phi) is 8.25. The van der Waals surface area contributed by atoms with Gasteiger partial charge in [-0.3, -0.25) is 24.6 Å². The molecule has 0 aliphatic carbocycles. The lowest BCUT2D eigenvalue weighted by molar-refractivity contribution is -0.130. The van der Waals surface area contributed by atoms with Crippen LogP contribution in [0.2, 0.25) is 0 Å². The van der Waals surface area contributed by atoms with Crippen molar-refractivity contribution in [3.63, 3.8) is 0 Å². The average molecular weight is 530 g/mol. The van der Waals surface area contributed by atoms with Crippen LogP contribution in [0.5, 0.6) is 17.2 Å². The fourth-order valence-electron chi connectivity index (χ4n) is 3.92. The second kappa shape index (κ2) is 12.0. The van der Waals surface area contributed by atoms with Crippen molar-refractivity contribution in [2.75, 3.05) is 19.5 Å². The van der Waals surface area contributed by atoms with E-state index < -0.39 is 17.8 Å². The summed E-state index contributed by atoms with van der Waals surface area (Å²) in [6.45, 7) is 1.56. The molecule has 3 aromatic carbocycles. The van der Waals surface area contributed by atoms with E-state index >= 15 is 0 Å². The number of rotatable bonds is 9. The zero-order chi connectivity index (χ0) is 27.9. The van der Waals surface area contributed by atoms with Gasteiger partial charge >= 0.3 is 6.03 Å². The molecule has 10 nitrogen and oxygen atoms in total. The SMILES string of the molecule is COc1ccc(CN2C(=O)NC(=O)/C(=C\c3ccc(OC)c(COc4ccc(NC(C)=O)cc4)c3)C2=O)cc1. The van der Waals surface area contributed by atoms with Gasteiger partial charge in [-0.15, -0.1) is 0 Å². The normalized spacial score (nSPS) is 14.2. The minimum Gasteiger partial charge on any atom is -0.497 e. The number of benzene rings is 3. The van der Waals surface area contributed by atoms with E-state index in [1.165, 1.54) is 20.1 Å². The zero-order valence-corrected chi connectivity index (χ0v) is 21.6. The number of hydrogen-bond acceptors (Lipinski definition) is 7. The van der Waals surface area contributed by atoms with E-state index in [0.717, 1.165) is 4.90 Å². The smallest absolute Gasteiger partial charge is 0.331 e. The molecule has 1 aliphatic rings. The summed E-state index contributed by atoms with van der Waals surface area (Å²) in [6.07, 6.45) is 1.43. The van der Waals surface area contributed by atoms with Crippen molar-refractivity contribution in [2.45, 2.75) is 20.1 Å². The van der Waals surface area contributed by atoms with Gasteiger partial charge in [-0.1, -0.05) is 18.2 Å². The topological polar surface area (TPSA) is 123 Å². The number of methoxy groups -OCH3 is 2. The molecule has 0 spiro atoms.